The monoisotopic (exact) mass is 284 g/mol. The first-order chi connectivity index (χ1) is 9.20. The van der Waals surface area contributed by atoms with Crippen LogP contribution in [0.4, 0.5) is 4.79 Å². The number of carbonyl (C=O) groups is 2. The molecule has 2 bridgehead atoms. The molecule has 0 aliphatic heterocycles. The molecule has 6 nitrogen and oxygen atoms in total. The van der Waals surface area contributed by atoms with Gasteiger partial charge in [-0.15, -0.1) is 0 Å². The van der Waals surface area contributed by atoms with E-state index >= 15 is 0 Å². The lowest BCUT2D eigenvalue weighted by molar-refractivity contribution is -0.140. The van der Waals surface area contributed by atoms with E-state index in [0.29, 0.717) is 5.92 Å². The highest BCUT2D eigenvalue weighted by atomic mass is 16.4. The summed E-state index contributed by atoms with van der Waals surface area (Å²) in [6, 6.07) is -1.75. The van der Waals surface area contributed by atoms with Gasteiger partial charge in [0.25, 0.3) is 0 Å². The first-order valence-electron chi connectivity index (χ1n) is 7.11. The number of rotatable bonds is 4. The van der Waals surface area contributed by atoms with Gasteiger partial charge in [0.05, 0.1) is 6.61 Å². The fourth-order valence-corrected chi connectivity index (χ4v) is 4.18. The Bertz CT molecular complexity index is 419. The minimum Gasteiger partial charge on any atom is -0.480 e. The number of fused-ring (bicyclic) bond motifs is 2. The summed E-state index contributed by atoms with van der Waals surface area (Å²) in [7, 11) is 0. The molecule has 0 aromatic carbocycles. The standard InChI is InChI=1S/C14H24N2O4/c1-13(2)8-4-5-14(3,6-8)11(13)16-12(20)15-9(7-17)10(18)19/h8-9,11,17H,4-7H2,1-3H3,(H,18,19)(H2,15,16,20). The van der Waals surface area contributed by atoms with Crippen molar-refractivity contribution >= 4 is 12.0 Å². The summed E-state index contributed by atoms with van der Waals surface area (Å²) in [5.41, 5.74) is 0.103. The maximum absolute atomic E-state index is 12.0. The number of aliphatic hydroxyl groups is 1. The number of hydrogen-bond acceptors (Lipinski definition) is 3. The van der Waals surface area contributed by atoms with E-state index in [1.165, 1.54) is 6.42 Å². The van der Waals surface area contributed by atoms with Crippen LogP contribution in [0.25, 0.3) is 0 Å². The van der Waals surface area contributed by atoms with Crippen LogP contribution >= 0.6 is 0 Å². The molecule has 114 valence electrons. The molecule has 0 spiro atoms. The van der Waals surface area contributed by atoms with Crippen LogP contribution in [0.3, 0.4) is 0 Å². The van der Waals surface area contributed by atoms with Crippen LogP contribution in [0.2, 0.25) is 0 Å². The Morgan fingerprint density at radius 3 is 2.45 bits per heavy atom. The molecule has 0 radical (unpaired) electrons. The van der Waals surface area contributed by atoms with Crippen molar-refractivity contribution in [2.24, 2.45) is 16.7 Å². The number of carbonyl (C=O) groups excluding carboxylic acids is 1. The highest BCUT2D eigenvalue weighted by molar-refractivity contribution is 5.82. The molecule has 0 saturated heterocycles. The van der Waals surface area contributed by atoms with Gasteiger partial charge in [-0.05, 0) is 36.0 Å². The highest BCUT2D eigenvalue weighted by Gasteiger charge is 2.59. The molecule has 4 atom stereocenters. The largest absolute Gasteiger partial charge is 0.480 e. The molecule has 20 heavy (non-hydrogen) atoms. The number of hydrogen-bond donors (Lipinski definition) is 4. The summed E-state index contributed by atoms with van der Waals surface area (Å²) in [5.74, 6) is -0.632. The van der Waals surface area contributed by atoms with Crippen LogP contribution in [0, 0.1) is 16.7 Å². The van der Waals surface area contributed by atoms with Crippen molar-refractivity contribution < 1.29 is 19.8 Å². The third-order valence-corrected chi connectivity index (χ3v) is 5.33. The van der Waals surface area contributed by atoms with Crippen molar-refractivity contribution in [3.8, 4) is 0 Å². The Morgan fingerprint density at radius 1 is 1.35 bits per heavy atom. The minimum absolute atomic E-state index is 0.0161. The van der Waals surface area contributed by atoms with E-state index in [0.717, 1.165) is 12.8 Å². The van der Waals surface area contributed by atoms with Gasteiger partial charge in [0.1, 0.15) is 0 Å². The summed E-state index contributed by atoms with van der Waals surface area (Å²) in [5, 5.41) is 23.0. The van der Waals surface area contributed by atoms with E-state index in [4.69, 9.17) is 10.2 Å². The van der Waals surface area contributed by atoms with Gasteiger partial charge in [0.2, 0.25) is 0 Å². The Kier molecular flexibility index (Phi) is 3.71. The molecule has 6 heteroatoms. The van der Waals surface area contributed by atoms with Gasteiger partial charge in [-0.1, -0.05) is 20.8 Å². The average Bonchev–Trinajstić information content (AvgIpc) is 2.82. The lowest BCUT2D eigenvalue weighted by Gasteiger charge is -2.43. The topological polar surface area (TPSA) is 98.7 Å². The van der Waals surface area contributed by atoms with E-state index in [1.807, 2.05) is 0 Å². The molecule has 4 unspecified atom stereocenters. The van der Waals surface area contributed by atoms with E-state index in [9.17, 15) is 9.59 Å². The maximum Gasteiger partial charge on any atom is 0.328 e. The zero-order valence-electron chi connectivity index (χ0n) is 12.3. The second kappa shape index (κ2) is 4.91. The predicted molar refractivity (Wildman–Crippen MR) is 73.2 cm³/mol. The lowest BCUT2D eigenvalue weighted by Crippen LogP contribution is -2.57. The molecular weight excluding hydrogens is 260 g/mol. The number of amides is 2. The van der Waals surface area contributed by atoms with Crippen molar-refractivity contribution in [3.63, 3.8) is 0 Å². The van der Waals surface area contributed by atoms with Gasteiger partial charge in [0.15, 0.2) is 6.04 Å². The summed E-state index contributed by atoms with van der Waals surface area (Å²) in [6.45, 7) is 5.89. The molecule has 2 aliphatic rings. The number of carboxylic acids is 1. The molecule has 0 aromatic rings. The molecule has 2 fully saturated rings. The molecule has 2 aliphatic carbocycles. The van der Waals surface area contributed by atoms with Crippen LogP contribution in [-0.2, 0) is 4.79 Å². The molecule has 4 N–H and O–H groups in total. The Morgan fingerprint density at radius 2 is 2.00 bits per heavy atom. The van der Waals surface area contributed by atoms with Crippen LogP contribution in [0.15, 0.2) is 0 Å². The summed E-state index contributed by atoms with van der Waals surface area (Å²) >= 11 is 0. The number of aliphatic carboxylic acids is 1. The van der Waals surface area contributed by atoms with E-state index in [1.54, 1.807) is 0 Å². The predicted octanol–water partition coefficient (Wildman–Crippen LogP) is 0.946. The normalized spacial score (nSPS) is 35.6. The summed E-state index contributed by atoms with van der Waals surface area (Å²) in [6.07, 6.45) is 3.39. The van der Waals surface area contributed by atoms with E-state index in [2.05, 4.69) is 31.4 Å². The van der Waals surface area contributed by atoms with Gasteiger partial charge in [-0.25, -0.2) is 9.59 Å². The maximum atomic E-state index is 12.0. The smallest absolute Gasteiger partial charge is 0.328 e. The van der Waals surface area contributed by atoms with Crippen LogP contribution in [-0.4, -0.2) is 40.9 Å². The quantitative estimate of drug-likeness (QED) is 0.617. The first kappa shape index (κ1) is 15.1. The molecule has 2 rings (SSSR count). The summed E-state index contributed by atoms with van der Waals surface area (Å²) in [4.78, 5) is 22.8. The number of carboxylic acid groups (broad SMARTS) is 1. The van der Waals surface area contributed by atoms with Crippen molar-refractivity contribution in [1.29, 1.82) is 0 Å². The van der Waals surface area contributed by atoms with Gasteiger partial charge in [-0.3, -0.25) is 0 Å². The number of nitrogens with one attached hydrogen (secondary N) is 2. The fourth-order valence-electron chi connectivity index (χ4n) is 4.18. The van der Waals surface area contributed by atoms with Crippen molar-refractivity contribution in [1.82, 2.24) is 10.6 Å². The minimum atomic E-state index is -1.26. The number of urea groups is 1. The SMILES string of the molecule is CC12CCC(C1)C(C)(C)C2NC(=O)NC(CO)C(=O)O. The van der Waals surface area contributed by atoms with E-state index < -0.39 is 24.6 Å². The second-order valence-corrected chi connectivity index (χ2v) is 7.04. The third-order valence-electron chi connectivity index (χ3n) is 5.33. The Hall–Kier alpha value is -1.30. The highest BCUT2D eigenvalue weighted by Crippen LogP contribution is 2.62. The van der Waals surface area contributed by atoms with Crippen molar-refractivity contribution in [2.75, 3.05) is 6.61 Å². The lowest BCUT2D eigenvalue weighted by atomic mass is 9.68. The third kappa shape index (κ3) is 2.37. The summed E-state index contributed by atoms with van der Waals surface area (Å²) < 4.78 is 0. The Labute approximate surface area is 118 Å². The van der Waals surface area contributed by atoms with Gasteiger partial charge in [-0.2, -0.15) is 0 Å². The van der Waals surface area contributed by atoms with Crippen LogP contribution < -0.4 is 10.6 Å². The van der Waals surface area contributed by atoms with Crippen molar-refractivity contribution in [3.05, 3.63) is 0 Å². The fraction of sp³-hybridized carbons (Fsp3) is 0.857. The molecule has 0 heterocycles. The molecule has 2 amide bonds. The van der Waals surface area contributed by atoms with Crippen molar-refractivity contribution in [2.45, 2.75) is 52.1 Å². The van der Waals surface area contributed by atoms with Gasteiger partial charge < -0.3 is 20.8 Å². The van der Waals surface area contributed by atoms with Crippen LogP contribution in [0.1, 0.15) is 40.0 Å². The zero-order chi connectivity index (χ0) is 15.1. The number of aliphatic hydroxyl groups excluding tert-OH is 1. The van der Waals surface area contributed by atoms with Gasteiger partial charge >= 0.3 is 12.0 Å². The average molecular weight is 284 g/mol. The van der Waals surface area contributed by atoms with E-state index in [-0.39, 0.29) is 16.9 Å². The second-order valence-electron chi connectivity index (χ2n) is 7.04. The Balaban J connectivity index is 2.02. The molecule has 2 saturated carbocycles. The van der Waals surface area contributed by atoms with Gasteiger partial charge in [0, 0.05) is 6.04 Å². The van der Waals surface area contributed by atoms with Crippen LogP contribution in [0.5, 0.6) is 0 Å². The molecule has 0 aromatic heterocycles. The molecular formula is C14H24N2O4. The zero-order valence-corrected chi connectivity index (χ0v) is 12.3. The first-order valence-corrected chi connectivity index (χ1v) is 7.11.